The molecule has 0 heterocycles. The van der Waals surface area contributed by atoms with E-state index in [1.165, 1.54) is 5.56 Å². The quantitative estimate of drug-likeness (QED) is 0.712. The van der Waals surface area contributed by atoms with Gasteiger partial charge in [-0.05, 0) is 38.0 Å². The predicted octanol–water partition coefficient (Wildman–Crippen LogP) is 2.71. The molecule has 0 saturated carbocycles. The monoisotopic (exact) mass is 180 g/mol. The van der Waals surface area contributed by atoms with Gasteiger partial charge in [-0.3, -0.25) is 0 Å². The molecule has 2 heteroatoms. The Bertz CT molecular complexity index is 292. The predicted molar refractivity (Wildman–Crippen MR) is 53.6 cm³/mol. The van der Waals surface area contributed by atoms with Gasteiger partial charge in [0.2, 0.25) is 0 Å². The fourth-order valence-corrected chi connectivity index (χ4v) is 1.25. The van der Waals surface area contributed by atoms with E-state index in [0.717, 1.165) is 17.1 Å². The molecule has 0 spiro atoms. The van der Waals surface area contributed by atoms with Crippen LogP contribution in [-0.2, 0) is 0 Å². The van der Waals surface area contributed by atoms with Crippen LogP contribution in [0.25, 0.3) is 0 Å². The van der Waals surface area contributed by atoms with Crippen molar-refractivity contribution in [3.8, 4) is 11.5 Å². The molecule has 0 aromatic heterocycles. The number of methoxy groups -OCH3 is 1. The lowest BCUT2D eigenvalue weighted by atomic mass is 10.1. The topological polar surface area (TPSA) is 18.5 Å². The number of aryl methyl sites for hydroxylation is 1. The minimum absolute atomic E-state index is 0.667. The molecule has 1 aromatic carbocycles. The smallest absolute Gasteiger partial charge is 0.164 e. The van der Waals surface area contributed by atoms with Gasteiger partial charge in [-0.25, -0.2) is 0 Å². The van der Waals surface area contributed by atoms with E-state index in [2.05, 4.69) is 6.92 Å². The van der Waals surface area contributed by atoms with Gasteiger partial charge in [0.25, 0.3) is 0 Å². The van der Waals surface area contributed by atoms with Crippen molar-refractivity contribution in [1.82, 2.24) is 0 Å². The maximum absolute atomic E-state index is 5.51. The van der Waals surface area contributed by atoms with E-state index in [-0.39, 0.29) is 0 Å². The zero-order chi connectivity index (χ0) is 9.84. The van der Waals surface area contributed by atoms with Gasteiger partial charge < -0.3 is 9.47 Å². The molecule has 0 amide bonds. The molecule has 0 N–H and O–H groups in total. The van der Waals surface area contributed by atoms with E-state index >= 15 is 0 Å². The van der Waals surface area contributed by atoms with Crippen LogP contribution in [0.5, 0.6) is 11.5 Å². The Balaban J connectivity index is 3.15. The van der Waals surface area contributed by atoms with Gasteiger partial charge >= 0.3 is 0 Å². The molecule has 0 atom stereocenters. The van der Waals surface area contributed by atoms with E-state index < -0.39 is 0 Å². The van der Waals surface area contributed by atoms with E-state index in [1.807, 2.05) is 26.0 Å². The molecule has 1 aromatic rings. The van der Waals surface area contributed by atoms with E-state index in [1.54, 1.807) is 7.11 Å². The molecule has 0 radical (unpaired) electrons. The summed E-state index contributed by atoms with van der Waals surface area (Å²) in [5.41, 5.74) is 2.38. The van der Waals surface area contributed by atoms with Gasteiger partial charge in [0, 0.05) is 0 Å². The Morgan fingerprint density at radius 3 is 2.46 bits per heavy atom. The van der Waals surface area contributed by atoms with E-state index in [9.17, 15) is 0 Å². The average Bonchev–Trinajstić information content (AvgIpc) is 2.14. The van der Waals surface area contributed by atoms with Crippen LogP contribution >= 0.6 is 0 Å². The second-order valence-electron chi connectivity index (χ2n) is 2.97. The SMILES string of the molecule is CCOc1c(OC)ccc(C)c1C. The normalized spacial score (nSPS) is 9.85. The molecule has 2 nitrogen and oxygen atoms in total. The summed E-state index contributed by atoms with van der Waals surface area (Å²) in [6, 6.07) is 3.98. The third-order valence-electron chi connectivity index (χ3n) is 2.15. The highest BCUT2D eigenvalue weighted by atomic mass is 16.5. The fraction of sp³-hybridized carbons (Fsp3) is 0.455. The van der Waals surface area contributed by atoms with Crippen molar-refractivity contribution >= 4 is 0 Å². The summed E-state index contributed by atoms with van der Waals surface area (Å²) in [4.78, 5) is 0. The number of hydrogen-bond acceptors (Lipinski definition) is 2. The second-order valence-corrected chi connectivity index (χ2v) is 2.97. The molecule has 0 saturated heterocycles. The van der Waals surface area contributed by atoms with Gasteiger partial charge in [-0.2, -0.15) is 0 Å². The summed E-state index contributed by atoms with van der Waals surface area (Å²) in [7, 11) is 1.66. The summed E-state index contributed by atoms with van der Waals surface area (Å²) in [6.07, 6.45) is 0. The van der Waals surface area contributed by atoms with Crippen LogP contribution in [0.2, 0.25) is 0 Å². The minimum atomic E-state index is 0.667. The maximum Gasteiger partial charge on any atom is 0.164 e. The Labute approximate surface area is 79.5 Å². The van der Waals surface area contributed by atoms with Crippen LogP contribution in [0.3, 0.4) is 0 Å². The first-order valence-corrected chi connectivity index (χ1v) is 4.47. The molecular weight excluding hydrogens is 164 g/mol. The van der Waals surface area contributed by atoms with Crippen molar-refractivity contribution in [1.29, 1.82) is 0 Å². The fourth-order valence-electron chi connectivity index (χ4n) is 1.25. The summed E-state index contributed by atoms with van der Waals surface area (Å²) < 4.78 is 10.7. The van der Waals surface area contributed by atoms with Gasteiger partial charge in [0.1, 0.15) is 0 Å². The van der Waals surface area contributed by atoms with Crippen LogP contribution in [0.15, 0.2) is 12.1 Å². The average molecular weight is 180 g/mol. The molecule has 0 bridgehead atoms. The minimum Gasteiger partial charge on any atom is -0.493 e. The van der Waals surface area contributed by atoms with Gasteiger partial charge in [-0.15, -0.1) is 0 Å². The zero-order valence-electron chi connectivity index (χ0n) is 8.68. The molecule has 0 fully saturated rings. The molecule has 0 aliphatic rings. The molecule has 1 rings (SSSR count). The Kier molecular flexibility index (Phi) is 3.18. The van der Waals surface area contributed by atoms with Crippen LogP contribution in [0, 0.1) is 13.8 Å². The molecule has 72 valence electrons. The lowest BCUT2D eigenvalue weighted by molar-refractivity contribution is 0.308. The number of ether oxygens (including phenoxy) is 2. The zero-order valence-corrected chi connectivity index (χ0v) is 8.68. The Morgan fingerprint density at radius 2 is 1.92 bits per heavy atom. The van der Waals surface area contributed by atoms with Crippen molar-refractivity contribution in [3.63, 3.8) is 0 Å². The highest BCUT2D eigenvalue weighted by Crippen LogP contribution is 2.32. The summed E-state index contributed by atoms with van der Waals surface area (Å²) in [5, 5.41) is 0. The Hall–Kier alpha value is -1.18. The lowest BCUT2D eigenvalue weighted by Gasteiger charge is -2.13. The lowest BCUT2D eigenvalue weighted by Crippen LogP contribution is -1.98. The van der Waals surface area contributed by atoms with Crippen molar-refractivity contribution in [3.05, 3.63) is 23.3 Å². The Morgan fingerprint density at radius 1 is 1.23 bits per heavy atom. The molecule has 0 aliphatic carbocycles. The van der Waals surface area contributed by atoms with Gasteiger partial charge in [0.05, 0.1) is 13.7 Å². The van der Waals surface area contributed by atoms with Gasteiger partial charge in [0.15, 0.2) is 11.5 Å². The largest absolute Gasteiger partial charge is 0.493 e. The first-order valence-electron chi connectivity index (χ1n) is 4.47. The number of rotatable bonds is 3. The first-order chi connectivity index (χ1) is 6.20. The third-order valence-corrected chi connectivity index (χ3v) is 2.15. The first kappa shape index (κ1) is 9.90. The third kappa shape index (κ3) is 1.94. The molecule has 0 aliphatic heterocycles. The summed E-state index contributed by atoms with van der Waals surface area (Å²) in [5.74, 6) is 1.68. The van der Waals surface area contributed by atoms with Crippen LogP contribution in [-0.4, -0.2) is 13.7 Å². The van der Waals surface area contributed by atoms with E-state index in [4.69, 9.17) is 9.47 Å². The van der Waals surface area contributed by atoms with E-state index in [0.29, 0.717) is 6.61 Å². The molecule has 0 unspecified atom stereocenters. The standard InChI is InChI=1S/C11H16O2/c1-5-13-11-9(3)8(2)6-7-10(11)12-4/h6-7H,5H2,1-4H3. The molecule has 13 heavy (non-hydrogen) atoms. The second kappa shape index (κ2) is 4.17. The highest BCUT2D eigenvalue weighted by molar-refractivity contribution is 5.49. The van der Waals surface area contributed by atoms with Crippen LogP contribution in [0.4, 0.5) is 0 Å². The number of hydrogen-bond donors (Lipinski definition) is 0. The van der Waals surface area contributed by atoms with Crippen molar-refractivity contribution in [2.75, 3.05) is 13.7 Å². The molecular formula is C11H16O2. The maximum atomic E-state index is 5.51. The van der Waals surface area contributed by atoms with Crippen molar-refractivity contribution in [2.24, 2.45) is 0 Å². The van der Waals surface area contributed by atoms with Gasteiger partial charge in [-0.1, -0.05) is 6.07 Å². The van der Waals surface area contributed by atoms with Crippen molar-refractivity contribution < 1.29 is 9.47 Å². The van der Waals surface area contributed by atoms with Crippen LogP contribution in [0.1, 0.15) is 18.1 Å². The highest BCUT2D eigenvalue weighted by Gasteiger charge is 2.08. The summed E-state index contributed by atoms with van der Waals surface area (Å²) in [6.45, 7) is 6.75. The number of benzene rings is 1. The summed E-state index contributed by atoms with van der Waals surface area (Å²) >= 11 is 0. The van der Waals surface area contributed by atoms with Crippen LogP contribution < -0.4 is 9.47 Å². The van der Waals surface area contributed by atoms with Crippen molar-refractivity contribution in [2.45, 2.75) is 20.8 Å².